The zero-order valence-electron chi connectivity index (χ0n) is 78.1. The smallest absolute Gasteiger partial charge is 0.253 e. The fourth-order valence-corrected chi connectivity index (χ4v) is 13.5. The summed E-state index contributed by atoms with van der Waals surface area (Å²) in [6.45, 7) is 49.2. The molecule has 684 valence electrons. The first-order valence-electron chi connectivity index (χ1n) is 43.8. The first kappa shape index (κ1) is 103. The van der Waals surface area contributed by atoms with E-state index in [1.807, 2.05) is 79.7 Å². The minimum Gasteiger partial charge on any atom is -0.497 e. The number of benzene rings is 2. The normalized spacial score (nSPS) is 18.1. The lowest BCUT2D eigenvalue weighted by atomic mass is 10.0. The van der Waals surface area contributed by atoms with Crippen LogP contribution in [0.3, 0.4) is 0 Å². The quantitative estimate of drug-likeness (QED) is 0.0382. The SMILES string of the molecule is CC(=O)Nc1ccc(NC(=O)C2=CC(NC(C)C)=NC2)cc1.CC(C)NC1=NCC(C(=O)CN2CC[C@@H](C)C2)=C1.CC(C)NC1=NCC(C(=O)CN2CC[C@H](C)C2)=C1.CC(C)NC1=NCC(C(=O)N(C)C)=C1.CC1CN(CC(=O)C2=CC(NC(C)C)=NC2)C1.COCCNC(=O)C1=CC(NC(C)C)=NC1.COc1ccc(NC(=O)C2=CC(NC(C)C)=NC2)cc1. The lowest BCUT2D eigenvalue weighted by molar-refractivity contribution is -0.125. The summed E-state index contributed by atoms with van der Waals surface area (Å²) in [5, 5.41) is 33.5. The number of amidine groups is 7. The van der Waals surface area contributed by atoms with Gasteiger partial charge in [-0.15, -0.1) is 0 Å². The highest BCUT2D eigenvalue weighted by Gasteiger charge is 2.29. The molecule has 2 atom stereocenters. The number of Topliss-reactive ketones (excluding diaryl/α,β-unsaturated/α-hetero) is 3. The van der Waals surface area contributed by atoms with Gasteiger partial charge in [0.05, 0.1) is 79.2 Å². The molecule has 0 aromatic heterocycles. The fourth-order valence-electron chi connectivity index (χ4n) is 13.5. The Morgan fingerprint density at radius 2 is 0.648 bits per heavy atom. The van der Waals surface area contributed by atoms with Gasteiger partial charge in [0, 0.05) is 159 Å². The van der Waals surface area contributed by atoms with Gasteiger partial charge >= 0.3 is 0 Å². The molecule has 3 saturated heterocycles. The van der Waals surface area contributed by atoms with Gasteiger partial charge < -0.3 is 72.9 Å². The number of ether oxygens (including phenoxy) is 2. The van der Waals surface area contributed by atoms with Gasteiger partial charge in [-0.1, -0.05) is 20.8 Å². The van der Waals surface area contributed by atoms with Crippen molar-refractivity contribution >= 4 is 105 Å². The number of carbonyl (C=O) groups excluding carboxylic acids is 8. The second kappa shape index (κ2) is 52.6. The van der Waals surface area contributed by atoms with Gasteiger partial charge in [-0.2, -0.15) is 0 Å². The molecule has 0 bridgehead atoms. The number of aliphatic imine (C=N–C) groups is 7. The van der Waals surface area contributed by atoms with E-state index in [0.717, 1.165) is 132 Å². The number of hydrogen-bond donors (Lipinski definition) is 11. The maximum Gasteiger partial charge on any atom is 0.253 e. The summed E-state index contributed by atoms with van der Waals surface area (Å²) in [6, 6.07) is 16.5. The van der Waals surface area contributed by atoms with E-state index < -0.39 is 0 Å². The number of likely N-dealkylation sites (N-methyl/N-ethyl adjacent to an activating group) is 1. The third kappa shape index (κ3) is 38.9. The van der Waals surface area contributed by atoms with Gasteiger partial charge in [0.25, 0.3) is 17.7 Å². The third-order valence-electron chi connectivity index (χ3n) is 19.5. The average molecular weight is 1730 g/mol. The van der Waals surface area contributed by atoms with Crippen LogP contribution in [0.2, 0.25) is 0 Å². The zero-order valence-corrected chi connectivity index (χ0v) is 78.1. The molecular formula is C93H142N22O10. The standard InChI is InChI=1S/C16H20N4O2.C15H19N3O2.2C14H23N3O.C13H21N3O.C11H19N3O2.C10H17N3O/c1-10(2)18-15-8-12(9-17-15)16(22)20-14-6-4-13(5-7-14)19-11(3)21;1-10(2)17-14-8-11(9-16-14)15(19)18-12-4-6-13(20-3)7-5-12;2*1-10(2)16-14-6-12(7-15-14)13(18)9-17-5-4-11(3)8-17;1-9(2)15-13-4-11(5-14-13)12(17)8-16-6-10(3)7-16;1-8(2)14-10-6-9(7-13-10)11(15)12-4-5-16-3;1-7(2)12-9-5-8(6-11-9)10(14)13(3)4/h4-8,10H,9H2,1-3H3,(H,17,18)(H,19,21)(H,20,22);4-8,10H,9H2,1-3H3,(H,16,17)(H,18,19);2*6,10-11H,4-5,7-9H2,1-3H3,(H,15,16);4,9-10H,5-8H2,1-3H3,(H,14,15);6,8H,4-5,7H2,1-3H3,(H,12,15)(H,13,14);5,7H,6H2,1-4H3,(H,11,12)/t;;2*11-;;;/m..10.../s1. The second-order valence-corrected chi connectivity index (χ2v) is 34.9. The Morgan fingerprint density at radius 1 is 0.376 bits per heavy atom. The third-order valence-corrected chi connectivity index (χ3v) is 19.5. The molecule has 3 fully saturated rings. The maximum absolute atomic E-state index is 12.2. The molecular weight excluding hydrogens is 1590 g/mol. The molecule has 0 radical (unpaired) electrons. The van der Waals surface area contributed by atoms with Gasteiger partial charge in [-0.05, 0) is 232 Å². The van der Waals surface area contributed by atoms with Crippen molar-refractivity contribution in [2.75, 3.05) is 162 Å². The fraction of sp³-hybridized carbons (Fsp3) is 0.559. The van der Waals surface area contributed by atoms with Crippen LogP contribution in [0.5, 0.6) is 5.75 Å². The summed E-state index contributed by atoms with van der Waals surface area (Å²) >= 11 is 0. The summed E-state index contributed by atoms with van der Waals surface area (Å²) < 4.78 is 9.93. The molecule has 32 nitrogen and oxygen atoms in total. The Labute approximate surface area is 741 Å². The van der Waals surface area contributed by atoms with Gasteiger partial charge in [0.15, 0.2) is 17.3 Å². The number of amides is 5. The van der Waals surface area contributed by atoms with Crippen LogP contribution >= 0.6 is 0 Å². The predicted octanol–water partition coefficient (Wildman–Crippen LogP) is 7.70. The molecule has 10 aliphatic rings. The van der Waals surface area contributed by atoms with E-state index in [1.165, 1.54) is 19.8 Å². The van der Waals surface area contributed by atoms with Crippen LogP contribution in [0.15, 0.2) is 165 Å². The number of rotatable bonds is 27. The second-order valence-electron chi connectivity index (χ2n) is 34.9. The zero-order chi connectivity index (χ0) is 92.0. The van der Waals surface area contributed by atoms with Crippen LogP contribution in [-0.2, 0) is 43.1 Å². The van der Waals surface area contributed by atoms with E-state index in [4.69, 9.17) is 9.47 Å². The van der Waals surface area contributed by atoms with Crippen LogP contribution < -0.4 is 63.2 Å². The minimum absolute atomic E-state index is 0.0364. The summed E-state index contributed by atoms with van der Waals surface area (Å²) in [7, 11) is 6.71. The van der Waals surface area contributed by atoms with E-state index in [1.54, 1.807) is 100.0 Å². The summed E-state index contributed by atoms with van der Waals surface area (Å²) in [6.07, 6.45) is 15.3. The molecule has 0 unspecified atom stereocenters. The molecule has 2 aromatic carbocycles. The summed E-state index contributed by atoms with van der Waals surface area (Å²) in [5.74, 6) is 8.83. The van der Waals surface area contributed by atoms with E-state index in [0.29, 0.717) is 143 Å². The van der Waals surface area contributed by atoms with Gasteiger partial charge in [0.2, 0.25) is 11.8 Å². The Kier molecular flexibility index (Phi) is 43.2. The molecule has 10 aliphatic heterocycles. The van der Waals surface area contributed by atoms with Gasteiger partial charge in [-0.3, -0.25) is 88.0 Å². The van der Waals surface area contributed by atoms with Crippen LogP contribution in [0.1, 0.15) is 137 Å². The lowest BCUT2D eigenvalue weighted by Gasteiger charge is -2.36. The van der Waals surface area contributed by atoms with E-state index in [-0.39, 0.29) is 52.9 Å². The molecule has 0 aliphatic carbocycles. The van der Waals surface area contributed by atoms with Gasteiger partial charge in [0.1, 0.15) is 46.6 Å². The van der Waals surface area contributed by atoms with E-state index in [2.05, 4.69) is 170 Å². The Morgan fingerprint density at radius 3 is 0.928 bits per heavy atom. The summed E-state index contributed by atoms with van der Waals surface area (Å²) in [5.41, 5.74) is 7.35. The predicted molar refractivity (Wildman–Crippen MR) is 506 cm³/mol. The molecule has 12 rings (SSSR count). The number of nitrogens with zero attached hydrogens (tertiary/aromatic N) is 11. The van der Waals surface area contributed by atoms with Crippen molar-refractivity contribution in [2.24, 2.45) is 52.7 Å². The molecule has 10 heterocycles. The lowest BCUT2D eigenvalue weighted by Crippen LogP contribution is -2.47. The molecule has 5 amide bonds. The number of nitrogens with one attached hydrogen (secondary N) is 11. The Hall–Kier alpha value is -11.1. The number of anilines is 3. The maximum atomic E-state index is 12.2. The molecule has 0 spiro atoms. The van der Waals surface area contributed by atoms with E-state index in [9.17, 15) is 38.4 Å². The summed E-state index contributed by atoms with van der Waals surface area (Å²) in [4.78, 5) is 133. The van der Waals surface area contributed by atoms with Crippen molar-refractivity contribution < 1.29 is 47.8 Å². The average Bonchev–Trinajstić information content (AvgIpc) is 1.84. The first-order chi connectivity index (χ1) is 59.3. The van der Waals surface area contributed by atoms with Crippen LogP contribution in [-0.4, -0.2) is 296 Å². The topological polar surface area (TPSA) is 387 Å². The monoisotopic (exact) mass is 1730 g/mol. The number of ketones is 3. The minimum atomic E-state index is -0.170. The van der Waals surface area contributed by atoms with E-state index >= 15 is 0 Å². The molecule has 2 aromatic rings. The highest BCUT2D eigenvalue weighted by Crippen LogP contribution is 2.22. The number of likely N-dealkylation sites (tertiary alicyclic amines) is 3. The first-order valence-corrected chi connectivity index (χ1v) is 43.8. The van der Waals surface area contributed by atoms with Crippen molar-refractivity contribution in [3.8, 4) is 5.75 Å². The molecule has 32 heteroatoms. The highest BCUT2D eigenvalue weighted by atomic mass is 16.5. The molecule has 0 saturated carbocycles. The van der Waals surface area contributed by atoms with Crippen molar-refractivity contribution in [1.29, 1.82) is 0 Å². The number of methoxy groups -OCH3 is 2. The van der Waals surface area contributed by atoms with Crippen molar-refractivity contribution in [3.63, 3.8) is 0 Å². The number of carbonyl (C=O) groups is 8. The molecule has 125 heavy (non-hydrogen) atoms. The van der Waals surface area contributed by atoms with Crippen molar-refractivity contribution in [1.82, 2.24) is 62.1 Å². The Balaban J connectivity index is 0.000000226. The van der Waals surface area contributed by atoms with Crippen molar-refractivity contribution in [2.45, 2.75) is 180 Å². The van der Waals surface area contributed by atoms with Crippen molar-refractivity contribution in [3.05, 3.63) is 130 Å². The van der Waals surface area contributed by atoms with Gasteiger partial charge in [-0.25, -0.2) is 0 Å². The Bertz CT molecular complexity index is 4380. The van der Waals surface area contributed by atoms with Crippen LogP contribution in [0, 0.1) is 17.8 Å². The largest absolute Gasteiger partial charge is 0.497 e. The highest BCUT2D eigenvalue weighted by molar-refractivity contribution is 6.14. The van der Waals surface area contributed by atoms with Crippen LogP contribution in [0.25, 0.3) is 0 Å². The number of hydrogen-bond acceptors (Lipinski definition) is 27. The molecule has 11 N–H and O–H groups in total. The van der Waals surface area contributed by atoms with Crippen LogP contribution in [0.4, 0.5) is 17.1 Å².